The van der Waals surface area contributed by atoms with Crippen molar-refractivity contribution in [3.63, 3.8) is 0 Å². The number of amides is 2. The van der Waals surface area contributed by atoms with Gasteiger partial charge in [0.15, 0.2) is 0 Å². The Labute approximate surface area is 98.0 Å². The van der Waals surface area contributed by atoms with Crippen LogP contribution in [0.4, 0.5) is 4.79 Å². The average molecular weight is 225 g/mol. The fourth-order valence-corrected chi connectivity index (χ4v) is 2.58. The third-order valence-electron chi connectivity index (χ3n) is 3.71. The predicted octanol–water partition coefficient (Wildman–Crippen LogP) is 1.28. The summed E-state index contributed by atoms with van der Waals surface area (Å²) < 4.78 is 0. The summed E-state index contributed by atoms with van der Waals surface area (Å²) in [6, 6.07) is 0.609. The summed E-state index contributed by atoms with van der Waals surface area (Å²) in [5, 5.41) is 3.05. The lowest BCUT2D eigenvalue weighted by atomic mass is 10.3. The van der Waals surface area contributed by atoms with Crippen molar-refractivity contribution in [3.8, 4) is 0 Å². The van der Waals surface area contributed by atoms with Crippen LogP contribution < -0.4 is 5.32 Å². The first-order chi connectivity index (χ1) is 7.77. The molecular weight excluding hydrogens is 202 g/mol. The van der Waals surface area contributed by atoms with Gasteiger partial charge in [-0.05, 0) is 45.7 Å². The number of nitrogens with zero attached hydrogens (tertiary/aromatic N) is 2. The van der Waals surface area contributed by atoms with Gasteiger partial charge in [0.05, 0.1) is 0 Å². The molecule has 0 bridgehead atoms. The van der Waals surface area contributed by atoms with E-state index in [1.807, 2.05) is 4.90 Å². The molecule has 92 valence electrons. The van der Waals surface area contributed by atoms with Crippen LogP contribution in [0.25, 0.3) is 0 Å². The fraction of sp³-hybridized carbons (Fsp3) is 0.917. The lowest BCUT2D eigenvalue weighted by molar-refractivity contribution is 0.199. The molecule has 0 spiro atoms. The maximum atomic E-state index is 11.8. The van der Waals surface area contributed by atoms with Crippen LogP contribution in [-0.4, -0.2) is 54.6 Å². The summed E-state index contributed by atoms with van der Waals surface area (Å²) >= 11 is 0. The summed E-state index contributed by atoms with van der Waals surface area (Å²) in [7, 11) is 0. The molecule has 2 amide bonds. The minimum atomic E-state index is 0.128. The van der Waals surface area contributed by atoms with Gasteiger partial charge in [-0.2, -0.15) is 0 Å². The summed E-state index contributed by atoms with van der Waals surface area (Å²) in [5.74, 6) is 0. The molecule has 0 aromatic rings. The number of hydrogen-bond acceptors (Lipinski definition) is 2. The van der Waals surface area contributed by atoms with Crippen molar-refractivity contribution in [2.24, 2.45) is 0 Å². The number of urea groups is 1. The van der Waals surface area contributed by atoms with Crippen molar-refractivity contribution in [1.82, 2.24) is 15.1 Å². The van der Waals surface area contributed by atoms with E-state index in [0.717, 1.165) is 32.5 Å². The van der Waals surface area contributed by atoms with Gasteiger partial charge in [-0.15, -0.1) is 0 Å². The lowest BCUT2D eigenvalue weighted by Crippen LogP contribution is -2.45. The molecule has 2 aliphatic rings. The van der Waals surface area contributed by atoms with Crippen molar-refractivity contribution >= 4 is 6.03 Å². The Bertz CT molecular complexity index is 232. The molecule has 2 aliphatic heterocycles. The third kappa shape index (κ3) is 2.88. The molecule has 2 saturated heterocycles. The quantitative estimate of drug-likeness (QED) is 0.785. The van der Waals surface area contributed by atoms with E-state index >= 15 is 0 Å². The van der Waals surface area contributed by atoms with Gasteiger partial charge in [0.1, 0.15) is 0 Å². The van der Waals surface area contributed by atoms with Crippen LogP contribution in [0.3, 0.4) is 0 Å². The number of carbonyl (C=O) groups excluding carboxylic acids is 1. The van der Waals surface area contributed by atoms with Crippen molar-refractivity contribution in [2.75, 3.05) is 32.7 Å². The van der Waals surface area contributed by atoms with Crippen LogP contribution >= 0.6 is 0 Å². The molecule has 1 unspecified atom stereocenters. The molecular formula is C12H23N3O. The fourth-order valence-electron chi connectivity index (χ4n) is 2.58. The lowest BCUT2D eigenvalue weighted by Gasteiger charge is -2.25. The van der Waals surface area contributed by atoms with E-state index < -0.39 is 0 Å². The molecule has 2 rings (SSSR count). The topological polar surface area (TPSA) is 35.6 Å². The number of likely N-dealkylation sites (tertiary alicyclic amines) is 2. The van der Waals surface area contributed by atoms with Gasteiger partial charge in [-0.3, -0.25) is 4.90 Å². The first kappa shape index (κ1) is 11.7. The van der Waals surface area contributed by atoms with Crippen LogP contribution in [0, 0.1) is 0 Å². The molecule has 0 aromatic heterocycles. The van der Waals surface area contributed by atoms with E-state index in [-0.39, 0.29) is 6.03 Å². The van der Waals surface area contributed by atoms with Crippen molar-refractivity contribution in [1.29, 1.82) is 0 Å². The Hall–Kier alpha value is -0.770. The van der Waals surface area contributed by atoms with Crippen molar-refractivity contribution in [2.45, 2.75) is 38.6 Å². The second-order valence-electron chi connectivity index (χ2n) is 4.97. The Morgan fingerprint density at radius 2 is 1.69 bits per heavy atom. The molecule has 0 saturated carbocycles. The van der Waals surface area contributed by atoms with E-state index in [1.54, 1.807) is 0 Å². The highest BCUT2D eigenvalue weighted by molar-refractivity contribution is 5.74. The first-order valence-corrected chi connectivity index (χ1v) is 6.54. The number of nitrogens with one attached hydrogen (secondary N) is 1. The smallest absolute Gasteiger partial charge is 0.317 e. The summed E-state index contributed by atoms with van der Waals surface area (Å²) in [6.45, 7) is 7.25. The zero-order valence-electron chi connectivity index (χ0n) is 10.2. The average Bonchev–Trinajstić information content (AvgIpc) is 2.95. The van der Waals surface area contributed by atoms with E-state index in [9.17, 15) is 4.79 Å². The SMILES string of the molecule is CC(CNC(=O)N1CCCC1)N1CCCC1. The van der Waals surface area contributed by atoms with Gasteiger partial charge >= 0.3 is 6.03 Å². The zero-order valence-corrected chi connectivity index (χ0v) is 10.2. The van der Waals surface area contributed by atoms with Gasteiger partial charge in [-0.1, -0.05) is 0 Å². The Balaban J connectivity index is 1.67. The number of rotatable bonds is 3. The van der Waals surface area contributed by atoms with E-state index in [0.29, 0.717) is 6.04 Å². The Morgan fingerprint density at radius 1 is 1.12 bits per heavy atom. The first-order valence-electron chi connectivity index (χ1n) is 6.54. The monoisotopic (exact) mass is 225 g/mol. The predicted molar refractivity (Wildman–Crippen MR) is 64.5 cm³/mol. The van der Waals surface area contributed by atoms with Crippen LogP contribution in [-0.2, 0) is 0 Å². The molecule has 1 atom stereocenters. The third-order valence-corrected chi connectivity index (χ3v) is 3.71. The highest BCUT2D eigenvalue weighted by Gasteiger charge is 2.21. The number of hydrogen-bond donors (Lipinski definition) is 1. The Morgan fingerprint density at radius 3 is 2.31 bits per heavy atom. The maximum absolute atomic E-state index is 11.8. The zero-order chi connectivity index (χ0) is 11.4. The summed E-state index contributed by atoms with van der Waals surface area (Å²) in [6.07, 6.45) is 4.94. The highest BCUT2D eigenvalue weighted by atomic mass is 16.2. The van der Waals surface area contributed by atoms with E-state index in [1.165, 1.54) is 25.9 Å². The van der Waals surface area contributed by atoms with Crippen molar-refractivity contribution in [3.05, 3.63) is 0 Å². The largest absolute Gasteiger partial charge is 0.336 e. The minimum Gasteiger partial charge on any atom is -0.336 e. The van der Waals surface area contributed by atoms with Crippen LogP contribution in [0.5, 0.6) is 0 Å². The minimum absolute atomic E-state index is 0.128. The van der Waals surface area contributed by atoms with Gasteiger partial charge in [0.25, 0.3) is 0 Å². The van der Waals surface area contributed by atoms with Gasteiger partial charge in [0.2, 0.25) is 0 Å². The molecule has 0 radical (unpaired) electrons. The molecule has 0 aromatic carbocycles. The second kappa shape index (κ2) is 5.53. The van der Waals surface area contributed by atoms with Gasteiger partial charge in [0, 0.05) is 25.7 Å². The normalized spacial score (nSPS) is 23.7. The summed E-state index contributed by atoms with van der Waals surface area (Å²) in [4.78, 5) is 16.2. The molecule has 2 heterocycles. The molecule has 16 heavy (non-hydrogen) atoms. The van der Waals surface area contributed by atoms with E-state index in [4.69, 9.17) is 0 Å². The molecule has 4 nitrogen and oxygen atoms in total. The number of carbonyl (C=O) groups is 1. The molecule has 1 N–H and O–H groups in total. The van der Waals surface area contributed by atoms with Gasteiger partial charge < -0.3 is 10.2 Å². The van der Waals surface area contributed by atoms with E-state index in [2.05, 4.69) is 17.1 Å². The van der Waals surface area contributed by atoms with Gasteiger partial charge in [-0.25, -0.2) is 4.79 Å². The molecule has 4 heteroatoms. The summed E-state index contributed by atoms with van der Waals surface area (Å²) in [5.41, 5.74) is 0. The maximum Gasteiger partial charge on any atom is 0.317 e. The standard InChI is InChI=1S/C12H23N3O/c1-11(14-6-2-3-7-14)10-13-12(16)15-8-4-5-9-15/h11H,2-10H2,1H3,(H,13,16). The highest BCUT2D eigenvalue weighted by Crippen LogP contribution is 2.11. The molecule has 0 aliphatic carbocycles. The van der Waals surface area contributed by atoms with Crippen molar-refractivity contribution < 1.29 is 4.79 Å². The second-order valence-corrected chi connectivity index (χ2v) is 4.97. The molecule has 2 fully saturated rings. The van der Waals surface area contributed by atoms with Crippen LogP contribution in [0.1, 0.15) is 32.6 Å². The Kier molecular flexibility index (Phi) is 4.04. The van der Waals surface area contributed by atoms with Crippen LogP contribution in [0.15, 0.2) is 0 Å². The van der Waals surface area contributed by atoms with Crippen LogP contribution in [0.2, 0.25) is 0 Å².